The van der Waals surface area contributed by atoms with Crippen molar-refractivity contribution in [1.29, 1.82) is 0 Å². The van der Waals surface area contributed by atoms with Crippen molar-refractivity contribution in [3.05, 3.63) is 77.0 Å². The van der Waals surface area contributed by atoms with Gasteiger partial charge in [-0.05, 0) is 24.6 Å². The summed E-state index contributed by atoms with van der Waals surface area (Å²) in [5.41, 5.74) is 1.73. The highest BCUT2D eigenvalue weighted by Gasteiger charge is 2.35. The average molecular weight is 400 g/mol. The zero-order valence-electron chi connectivity index (χ0n) is 15.4. The quantitative estimate of drug-likeness (QED) is 0.750. The fourth-order valence-corrected chi connectivity index (χ4v) is 4.34. The molecular formula is C20H20N2O5S. The molecule has 2 aromatic rings. The Hall–Kier alpha value is -3.13. The summed E-state index contributed by atoms with van der Waals surface area (Å²) in [6.45, 7) is 1.92. The second kappa shape index (κ2) is 7.85. The van der Waals surface area contributed by atoms with Crippen LogP contribution in [-0.4, -0.2) is 33.3 Å². The Kier molecular flexibility index (Phi) is 5.51. The highest BCUT2D eigenvalue weighted by molar-refractivity contribution is 7.91. The van der Waals surface area contributed by atoms with Crippen molar-refractivity contribution in [2.45, 2.75) is 17.9 Å². The van der Waals surface area contributed by atoms with Crippen LogP contribution in [0.1, 0.15) is 17.2 Å². The zero-order valence-corrected chi connectivity index (χ0v) is 16.2. The molecule has 0 aromatic heterocycles. The molecule has 0 spiro atoms. The first-order chi connectivity index (χ1) is 13.3. The van der Waals surface area contributed by atoms with E-state index in [0.29, 0.717) is 5.56 Å². The molecule has 1 aliphatic rings. The number of ether oxygens (including phenoxy) is 1. The number of aryl methyl sites for hydroxylation is 1. The Balaban J connectivity index is 2.09. The largest absolute Gasteiger partial charge is 0.466 e. The van der Waals surface area contributed by atoms with Crippen LogP contribution in [0, 0.1) is 6.92 Å². The molecule has 0 radical (unpaired) electrons. The van der Waals surface area contributed by atoms with Crippen LogP contribution in [0.3, 0.4) is 0 Å². The van der Waals surface area contributed by atoms with Gasteiger partial charge < -0.3 is 15.4 Å². The van der Waals surface area contributed by atoms with Crippen molar-refractivity contribution in [3.8, 4) is 0 Å². The minimum atomic E-state index is -3.78. The van der Waals surface area contributed by atoms with Gasteiger partial charge in [0.25, 0.3) is 0 Å². The van der Waals surface area contributed by atoms with E-state index >= 15 is 0 Å². The number of urea groups is 1. The summed E-state index contributed by atoms with van der Waals surface area (Å²) in [7, 11) is -2.57. The van der Waals surface area contributed by atoms with Crippen molar-refractivity contribution < 1.29 is 22.7 Å². The van der Waals surface area contributed by atoms with Crippen molar-refractivity contribution in [1.82, 2.24) is 10.6 Å². The highest BCUT2D eigenvalue weighted by Crippen LogP contribution is 2.29. The van der Waals surface area contributed by atoms with E-state index < -0.39 is 33.6 Å². The van der Waals surface area contributed by atoms with Crippen molar-refractivity contribution in [2.24, 2.45) is 0 Å². The Morgan fingerprint density at radius 2 is 1.71 bits per heavy atom. The monoisotopic (exact) mass is 400 g/mol. The maximum absolute atomic E-state index is 12.8. The molecule has 0 saturated heterocycles. The minimum absolute atomic E-state index is 0.00466. The molecule has 1 aliphatic heterocycles. The SMILES string of the molecule is COC(=O)C1=C(CS(=O)(=O)c2ccccc2)NC(=O)N[C@@H]1c1ccc(C)cc1. The van der Waals surface area contributed by atoms with E-state index in [9.17, 15) is 18.0 Å². The normalized spacial score (nSPS) is 16.9. The van der Waals surface area contributed by atoms with Crippen LogP contribution in [0.15, 0.2) is 70.8 Å². The number of sulfone groups is 1. The van der Waals surface area contributed by atoms with Gasteiger partial charge in [-0.2, -0.15) is 0 Å². The van der Waals surface area contributed by atoms with Gasteiger partial charge in [0.15, 0.2) is 9.84 Å². The predicted octanol–water partition coefficient (Wildman–Crippen LogP) is 2.25. The lowest BCUT2D eigenvalue weighted by molar-refractivity contribution is -0.136. The van der Waals surface area contributed by atoms with E-state index in [0.717, 1.165) is 5.56 Å². The van der Waals surface area contributed by atoms with Crippen LogP contribution in [0.2, 0.25) is 0 Å². The molecule has 3 rings (SSSR count). The second-order valence-corrected chi connectivity index (χ2v) is 8.39. The Morgan fingerprint density at radius 1 is 1.07 bits per heavy atom. The molecule has 2 amide bonds. The van der Waals surface area contributed by atoms with Gasteiger partial charge in [-0.3, -0.25) is 0 Å². The lowest BCUT2D eigenvalue weighted by Crippen LogP contribution is -2.47. The van der Waals surface area contributed by atoms with Gasteiger partial charge >= 0.3 is 12.0 Å². The number of esters is 1. The Bertz CT molecular complexity index is 1030. The molecule has 0 saturated carbocycles. The average Bonchev–Trinajstić information content (AvgIpc) is 2.68. The fourth-order valence-electron chi connectivity index (χ4n) is 2.99. The van der Waals surface area contributed by atoms with Crippen LogP contribution in [0.5, 0.6) is 0 Å². The third kappa shape index (κ3) is 4.07. The summed E-state index contributed by atoms with van der Waals surface area (Å²) >= 11 is 0. The number of rotatable bonds is 5. The topological polar surface area (TPSA) is 102 Å². The molecule has 0 fully saturated rings. The van der Waals surface area contributed by atoms with E-state index in [1.807, 2.05) is 19.1 Å². The summed E-state index contributed by atoms with van der Waals surface area (Å²) in [5.74, 6) is -1.24. The lowest BCUT2D eigenvalue weighted by atomic mass is 9.95. The first-order valence-electron chi connectivity index (χ1n) is 8.55. The molecule has 2 N–H and O–H groups in total. The van der Waals surface area contributed by atoms with E-state index in [-0.39, 0.29) is 16.2 Å². The number of hydrogen-bond acceptors (Lipinski definition) is 5. The number of methoxy groups -OCH3 is 1. The maximum atomic E-state index is 12.8. The molecular weight excluding hydrogens is 380 g/mol. The summed E-state index contributed by atoms with van der Waals surface area (Å²) < 4.78 is 30.5. The third-order valence-electron chi connectivity index (χ3n) is 4.41. The molecule has 1 atom stereocenters. The van der Waals surface area contributed by atoms with E-state index in [1.165, 1.54) is 19.2 Å². The predicted molar refractivity (Wildman–Crippen MR) is 103 cm³/mol. The number of benzene rings is 2. The smallest absolute Gasteiger partial charge is 0.338 e. The zero-order chi connectivity index (χ0) is 20.3. The first kappa shape index (κ1) is 19.6. The highest BCUT2D eigenvalue weighted by atomic mass is 32.2. The maximum Gasteiger partial charge on any atom is 0.338 e. The van der Waals surface area contributed by atoms with Gasteiger partial charge in [0.2, 0.25) is 0 Å². The van der Waals surface area contributed by atoms with Crippen LogP contribution in [0.4, 0.5) is 4.79 Å². The van der Waals surface area contributed by atoms with Crippen LogP contribution in [0.25, 0.3) is 0 Å². The second-order valence-electron chi connectivity index (χ2n) is 6.40. The molecule has 2 aromatic carbocycles. The Labute approximate surface area is 163 Å². The molecule has 7 nitrogen and oxygen atoms in total. The summed E-state index contributed by atoms with van der Waals surface area (Å²) in [5, 5.41) is 5.14. The molecule has 0 bridgehead atoms. The Morgan fingerprint density at radius 3 is 2.32 bits per heavy atom. The van der Waals surface area contributed by atoms with Crippen molar-refractivity contribution in [2.75, 3.05) is 12.9 Å². The van der Waals surface area contributed by atoms with Crippen LogP contribution < -0.4 is 10.6 Å². The van der Waals surface area contributed by atoms with Crippen LogP contribution in [-0.2, 0) is 19.4 Å². The standard InChI is InChI=1S/C20H20N2O5S/c1-13-8-10-14(11-9-13)18-17(19(23)27-2)16(21-20(24)22-18)12-28(25,26)15-6-4-3-5-7-15/h3-11,18H,12H2,1-2H3,(H2,21,22,24)/t18-/m1/s1. The van der Waals surface area contributed by atoms with Crippen molar-refractivity contribution >= 4 is 21.8 Å². The van der Waals surface area contributed by atoms with Gasteiger partial charge in [-0.1, -0.05) is 48.0 Å². The molecule has 8 heteroatoms. The van der Waals surface area contributed by atoms with Crippen LogP contribution >= 0.6 is 0 Å². The molecule has 1 heterocycles. The number of carbonyl (C=O) groups is 2. The third-order valence-corrected chi connectivity index (χ3v) is 6.07. The van der Waals surface area contributed by atoms with E-state index in [1.54, 1.807) is 30.3 Å². The number of nitrogens with one attached hydrogen (secondary N) is 2. The lowest BCUT2D eigenvalue weighted by Gasteiger charge is -2.29. The van der Waals surface area contributed by atoms with Gasteiger partial charge in [-0.25, -0.2) is 18.0 Å². The molecule has 0 aliphatic carbocycles. The number of hydrogen-bond donors (Lipinski definition) is 2. The summed E-state index contributed by atoms with van der Waals surface area (Å²) in [6, 6.07) is 13.7. The fraction of sp³-hybridized carbons (Fsp3) is 0.200. The van der Waals surface area contributed by atoms with Gasteiger partial charge in [0, 0.05) is 5.70 Å². The summed E-state index contributed by atoms with van der Waals surface area (Å²) in [4.78, 5) is 24.8. The van der Waals surface area contributed by atoms with E-state index in [4.69, 9.17) is 4.74 Å². The minimum Gasteiger partial charge on any atom is -0.466 e. The summed E-state index contributed by atoms with van der Waals surface area (Å²) in [6.07, 6.45) is 0. The van der Waals surface area contributed by atoms with Gasteiger partial charge in [0.05, 0.1) is 29.4 Å². The van der Waals surface area contributed by atoms with Gasteiger partial charge in [-0.15, -0.1) is 0 Å². The molecule has 0 unspecified atom stereocenters. The first-order valence-corrected chi connectivity index (χ1v) is 10.2. The molecule has 146 valence electrons. The van der Waals surface area contributed by atoms with Gasteiger partial charge in [0.1, 0.15) is 0 Å². The van der Waals surface area contributed by atoms with Crippen molar-refractivity contribution in [3.63, 3.8) is 0 Å². The number of amides is 2. The number of carbonyl (C=O) groups excluding carboxylic acids is 2. The molecule has 28 heavy (non-hydrogen) atoms. The van der Waals surface area contributed by atoms with E-state index in [2.05, 4.69) is 10.6 Å².